The Hall–Kier alpha value is -2.60. The molecule has 2 aromatic rings. The topological polar surface area (TPSA) is 59.5 Å². The van der Waals surface area contributed by atoms with Crippen LogP contribution in [0.3, 0.4) is 0 Å². The molecule has 3 rings (SSSR count). The van der Waals surface area contributed by atoms with Crippen LogP contribution in [0.2, 0.25) is 0 Å². The maximum Gasteiger partial charge on any atom is 0.293 e. The summed E-state index contributed by atoms with van der Waals surface area (Å²) in [7, 11) is 0. The van der Waals surface area contributed by atoms with E-state index in [1.165, 1.54) is 4.90 Å². The van der Waals surface area contributed by atoms with E-state index in [1.807, 2.05) is 36.4 Å². The highest BCUT2D eigenvalue weighted by atomic mass is 32.2. The van der Waals surface area contributed by atoms with Crippen LogP contribution in [0.15, 0.2) is 59.6 Å². The molecule has 1 saturated heterocycles. The van der Waals surface area contributed by atoms with Crippen molar-refractivity contribution in [2.75, 3.05) is 13.2 Å². The zero-order valence-electron chi connectivity index (χ0n) is 12.2. The second kappa shape index (κ2) is 7.11. The van der Waals surface area contributed by atoms with E-state index in [9.17, 15) is 9.59 Å². The van der Waals surface area contributed by atoms with Gasteiger partial charge >= 0.3 is 0 Å². The highest BCUT2D eigenvalue weighted by molar-refractivity contribution is 8.18. The van der Waals surface area contributed by atoms with Crippen molar-refractivity contribution in [3.8, 4) is 5.75 Å². The number of thioether (sulfide) groups is 1. The third-order valence-electron chi connectivity index (χ3n) is 3.17. The average Bonchev–Trinajstić information content (AvgIpc) is 2.84. The number of hydrogen-bond acceptors (Lipinski definition) is 5. The quantitative estimate of drug-likeness (QED) is 0.790. The number of nitrogens with zero attached hydrogens (tertiary/aromatic N) is 2. The molecule has 1 aromatic carbocycles. The van der Waals surface area contributed by atoms with Crippen LogP contribution in [0, 0.1) is 0 Å². The molecule has 2 amide bonds. The molecule has 0 bridgehead atoms. The van der Waals surface area contributed by atoms with Gasteiger partial charge in [0.25, 0.3) is 11.1 Å². The maximum absolute atomic E-state index is 12.3. The lowest BCUT2D eigenvalue weighted by atomic mass is 10.3. The van der Waals surface area contributed by atoms with E-state index < -0.39 is 0 Å². The molecule has 6 heteroatoms. The Kier molecular flexibility index (Phi) is 4.73. The summed E-state index contributed by atoms with van der Waals surface area (Å²) < 4.78 is 5.53. The van der Waals surface area contributed by atoms with Crippen molar-refractivity contribution < 1.29 is 14.3 Å². The zero-order valence-corrected chi connectivity index (χ0v) is 13.0. The Balaban J connectivity index is 1.62. The maximum atomic E-state index is 12.3. The van der Waals surface area contributed by atoms with Crippen molar-refractivity contribution in [3.63, 3.8) is 0 Å². The summed E-state index contributed by atoms with van der Waals surface area (Å²) in [4.78, 5) is 30.0. The standard InChI is InChI=1S/C17H14N2O3S/c20-16-15(12-13-6-4-5-9-18-13)23-17(21)19(16)10-11-22-14-7-2-1-3-8-14/h1-9,12H,10-11H2/b15-12-. The number of amides is 2. The van der Waals surface area contributed by atoms with Gasteiger partial charge in [-0.2, -0.15) is 0 Å². The summed E-state index contributed by atoms with van der Waals surface area (Å²) >= 11 is 0.926. The number of hydrogen-bond donors (Lipinski definition) is 0. The predicted molar refractivity (Wildman–Crippen MR) is 88.9 cm³/mol. The number of rotatable bonds is 5. The van der Waals surface area contributed by atoms with E-state index in [4.69, 9.17) is 4.74 Å². The summed E-state index contributed by atoms with van der Waals surface area (Å²) in [5, 5.41) is -0.283. The van der Waals surface area contributed by atoms with Crippen molar-refractivity contribution in [2.24, 2.45) is 0 Å². The second-order valence-corrected chi connectivity index (χ2v) is 5.74. The van der Waals surface area contributed by atoms with Crippen LogP contribution < -0.4 is 4.74 Å². The number of carbonyl (C=O) groups is 2. The molecule has 0 N–H and O–H groups in total. The molecule has 0 unspecified atom stereocenters. The lowest BCUT2D eigenvalue weighted by molar-refractivity contribution is -0.123. The Morgan fingerprint density at radius 1 is 1.09 bits per heavy atom. The molecule has 1 aliphatic heterocycles. The highest BCUT2D eigenvalue weighted by Crippen LogP contribution is 2.31. The molecule has 0 radical (unpaired) electrons. The van der Waals surface area contributed by atoms with Gasteiger partial charge in [0.2, 0.25) is 0 Å². The Bertz CT molecular complexity index is 732. The van der Waals surface area contributed by atoms with E-state index in [-0.39, 0.29) is 24.3 Å². The number of ether oxygens (including phenoxy) is 1. The van der Waals surface area contributed by atoms with Crippen LogP contribution in [0.5, 0.6) is 5.75 Å². The van der Waals surface area contributed by atoms with E-state index in [1.54, 1.807) is 24.4 Å². The van der Waals surface area contributed by atoms with Gasteiger partial charge in [-0.1, -0.05) is 24.3 Å². The number of aromatic nitrogens is 1. The van der Waals surface area contributed by atoms with E-state index in [0.717, 1.165) is 11.8 Å². The first-order valence-corrected chi connectivity index (χ1v) is 7.90. The van der Waals surface area contributed by atoms with Crippen molar-refractivity contribution in [1.29, 1.82) is 0 Å². The molecule has 23 heavy (non-hydrogen) atoms. The van der Waals surface area contributed by atoms with Gasteiger partial charge < -0.3 is 4.74 Å². The van der Waals surface area contributed by atoms with Gasteiger partial charge in [-0.15, -0.1) is 0 Å². The van der Waals surface area contributed by atoms with E-state index in [0.29, 0.717) is 16.3 Å². The first-order valence-electron chi connectivity index (χ1n) is 7.08. The van der Waals surface area contributed by atoms with Gasteiger partial charge in [-0.05, 0) is 42.1 Å². The molecule has 0 saturated carbocycles. The van der Waals surface area contributed by atoms with Crippen LogP contribution in [0.4, 0.5) is 4.79 Å². The Labute approximate surface area is 138 Å². The molecule has 0 spiro atoms. The third kappa shape index (κ3) is 3.78. The van der Waals surface area contributed by atoms with Crippen LogP contribution in [0.1, 0.15) is 5.69 Å². The van der Waals surface area contributed by atoms with Gasteiger partial charge in [0, 0.05) is 6.20 Å². The summed E-state index contributed by atoms with van der Waals surface area (Å²) in [6.07, 6.45) is 3.27. The molecule has 5 nitrogen and oxygen atoms in total. The van der Waals surface area contributed by atoms with Crippen LogP contribution in [-0.4, -0.2) is 34.2 Å². The summed E-state index contributed by atoms with van der Waals surface area (Å²) in [6.45, 7) is 0.484. The molecular formula is C17H14N2O3S. The number of carbonyl (C=O) groups excluding carboxylic acids is 2. The number of para-hydroxylation sites is 1. The molecule has 0 atom stereocenters. The zero-order chi connectivity index (χ0) is 16.1. The number of pyridine rings is 1. The van der Waals surface area contributed by atoms with Crippen molar-refractivity contribution in [2.45, 2.75) is 0 Å². The molecule has 0 aliphatic carbocycles. The predicted octanol–water partition coefficient (Wildman–Crippen LogP) is 3.20. The second-order valence-electron chi connectivity index (χ2n) is 4.75. The molecule has 116 valence electrons. The molecule has 1 aromatic heterocycles. The van der Waals surface area contributed by atoms with Crippen molar-refractivity contribution in [1.82, 2.24) is 9.88 Å². The molecule has 1 aliphatic rings. The van der Waals surface area contributed by atoms with Gasteiger partial charge in [0.1, 0.15) is 12.4 Å². The van der Waals surface area contributed by atoms with Crippen LogP contribution in [-0.2, 0) is 4.79 Å². The number of benzene rings is 1. The Morgan fingerprint density at radius 3 is 2.61 bits per heavy atom. The van der Waals surface area contributed by atoms with Gasteiger partial charge in [0.15, 0.2) is 0 Å². The van der Waals surface area contributed by atoms with Gasteiger partial charge in [0.05, 0.1) is 17.1 Å². The average molecular weight is 326 g/mol. The normalized spacial score (nSPS) is 16.2. The van der Waals surface area contributed by atoms with Crippen molar-refractivity contribution in [3.05, 3.63) is 65.3 Å². The molecule has 2 heterocycles. The minimum atomic E-state index is -0.303. The minimum absolute atomic E-state index is 0.221. The van der Waals surface area contributed by atoms with E-state index >= 15 is 0 Å². The number of imide groups is 1. The molecular weight excluding hydrogens is 312 g/mol. The summed E-state index contributed by atoms with van der Waals surface area (Å²) in [5.74, 6) is 0.408. The lowest BCUT2D eigenvalue weighted by Gasteiger charge is -2.13. The fourth-order valence-electron chi connectivity index (χ4n) is 2.06. The van der Waals surface area contributed by atoms with Crippen molar-refractivity contribution >= 4 is 29.0 Å². The van der Waals surface area contributed by atoms with Gasteiger partial charge in [-0.25, -0.2) is 0 Å². The van der Waals surface area contributed by atoms with Crippen LogP contribution >= 0.6 is 11.8 Å². The smallest absolute Gasteiger partial charge is 0.293 e. The van der Waals surface area contributed by atoms with Crippen LogP contribution in [0.25, 0.3) is 6.08 Å². The highest BCUT2D eigenvalue weighted by Gasteiger charge is 2.34. The SMILES string of the molecule is O=C1S/C(=C\c2ccccn2)C(=O)N1CCOc1ccccc1. The van der Waals surface area contributed by atoms with E-state index in [2.05, 4.69) is 4.98 Å². The monoisotopic (exact) mass is 326 g/mol. The third-order valence-corrected chi connectivity index (χ3v) is 4.07. The molecule has 1 fully saturated rings. The minimum Gasteiger partial charge on any atom is -0.492 e. The fourth-order valence-corrected chi connectivity index (χ4v) is 2.91. The summed E-state index contributed by atoms with van der Waals surface area (Å²) in [6, 6.07) is 14.7. The van der Waals surface area contributed by atoms with Gasteiger partial charge in [-0.3, -0.25) is 19.5 Å². The first kappa shape index (κ1) is 15.3. The Morgan fingerprint density at radius 2 is 1.87 bits per heavy atom. The lowest BCUT2D eigenvalue weighted by Crippen LogP contribution is -2.32. The fraction of sp³-hybridized carbons (Fsp3) is 0.118. The first-order chi connectivity index (χ1) is 11.2. The largest absolute Gasteiger partial charge is 0.492 e. The summed E-state index contributed by atoms with van der Waals surface area (Å²) in [5.41, 5.74) is 0.651.